The maximum Gasteiger partial charge on any atom is 0.271 e. The summed E-state index contributed by atoms with van der Waals surface area (Å²) < 4.78 is 1.82. The van der Waals surface area contributed by atoms with Crippen molar-refractivity contribution in [2.75, 3.05) is 0 Å². The number of nitrogens with zero attached hydrogens (tertiary/aromatic N) is 3. The predicted octanol–water partition coefficient (Wildman–Crippen LogP) is 3.48. The van der Waals surface area contributed by atoms with Crippen molar-refractivity contribution in [2.45, 2.75) is 19.9 Å². The molecule has 1 N–H and O–H groups in total. The summed E-state index contributed by atoms with van der Waals surface area (Å²) in [6.45, 7) is 2.64. The summed E-state index contributed by atoms with van der Waals surface area (Å²) in [4.78, 5) is 12.4. The fraction of sp³-hybridized carbons (Fsp3) is 0.150. The van der Waals surface area contributed by atoms with Gasteiger partial charge in [0.1, 0.15) is 0 Å². The van der Waals surface area contributed by atoms with Crippen molar-refractivity contribution < 1.29 is 4.79 Å². The molecule has 1 aromatic heterocycles. The largest absolute Gasteiger partial charge is 0.271 e. The smallest absolute Gasteiger partial charge is 0.268 e. The Labute approximate surface area is 147 Å². The Morgan fingerprint density at radius 3 is 2.60 bits per heavy atom. The summed E-state index contributed by atoms with van der Waals surface area (Å²) in [6, 6.07) is 19.2. The van der Waals surface area contributed by atoms with Gasteiger partial charge in [-0.3, -0.25) is 9.48 Å². The highest BCUT2D eigenvalue weighted by Crippen LogP contribution is 2.08. The molecule has 0 spiro atoms. The van der Waals surface area contributed by atoms with Gasteiger partial charge >= 0.3 is 0 Å². The summed E-state index contributed by atoms with van der Waals surface area (Å²) in [5.74, 6) is -0.218. The van der Waals surface area contributed by atoms with Crippen LogP contribution >= 0.6 is 0 Å². The molecule has 2 aromatic carbocycles. The third kappa shape index (κ3) is 4.41. The van der Waals surface area contributed by atoms with Crippen LogP contribution in [0.5, 0.6) is 0 Å². The van der Waals surface area contributed by atoms with Crippen LogP contribution in [-0.2, 0) is 6.54 Å². The number of rotatable bonds is 6. The van der Waals surface area contributed by atoms with Crippen molar-refractivity contribution in [3.05, 3.63) is 89.7 Å². The molecule has 1 amide bonds. The third-order valence-corrected chi connectivity index (χ3v) is 3.83. The summed E-state index contributed by atoms with van der Waals surface area (Å²) in [6.07, 6.45) is 4.37. The maximum atomic E-state index is 12.4. The second kappa shape index (κ2) is 8.06. The van der Waals surface area contributed by atoms with Crippen LogP contribution in [0, 0.1) is 0 Å². The van der Waals surface area contributed by atoms with Crippen molar-refractivity contribution in [3.8, 4) is 0 Å². The lowest BCUT2D eigenvalue weighted by Gasteiger charge is -2.07. The highest BCUT2D eigenvalue weighted by atomic mass is 16.2. The number of aromatic nitrogens is 2. The van der Waals surface area contributed by atoms with Gasteiger partial charge in [-0.15, -0.1) is 0 Å². The Balaban J connectivity index is 1.71. The van der Waals surface area contributed by atoms with Crippen LogP contribution in [0.4, 0.5) is 0 Å². The Hall–Kier alpha value is -3.21. The minimum atomic E-state index is -0.218. The van der Waals surface area contributed by atoms with Crippen LogP contribution in [0.2, 0.25) is 0 Å². The number of hydrogen-bond donors (Lipinski definition) is 1. The van der Waals surface area contributed by atoms with Crippen LogP contribution in [0.3, 0.4) is 0 Å². The molecule has 3 aromatic rings. The SMILES string of the molecule is CC/C(=N/NC(=O)c1cccc(Cn2cccn2)c1)c1ccccc1. The lowest BCUT2D eigenvalue weighted by Crippen LogP contribution is -2.20. The molecule has 0 atom stereocenters. The predicted molar refractivity (Wildman–Crippen MR) is 98.5 cm³/mol. The Morgan fingerprint density at radius 2 is 1.88 bits per heavy atom. The first-order valence-electron chi connectivity index (χ1n) is 8.25. The van der Waals surface area contributed by atoms with E-state index in [9.17, 15) is 4.79 Å². The Morgan fingerprint density at radius 1 is 1.08 bits per heavy atom. The van der Waals surface area contributed by atoms with E-state index in [0.717, 1.165) is 23.3 Å². The van der Waals surface area contributed by atoms with Crippen LogP contribution in [0.25, 0.3) is 0 Å². The van der Waals surface area contributed by atoms with Gasteiger partial charge in [0.25, 0.3) is 5.91 Å². The zero-order valence-corrected chi connectivity index (χ0v) is 14.1. The molecular weight excluding hydrogens is 312 g/mol. The fourth-order valence-electron chi connectivity index (χ4n) is 2.55. The number of hydrogen-bond acceptors (Lipinski definition) is 3. The van der Waals surface area contributed by atoms with Crippen molar-refractivity contribution in [2.24, 2.45) is 5.10 Å². The molecule has 0 aliphatic carbocycles. The van der Waals surface area contributed by atoms with E-state index in [4.69, 9.17) is 0 Å². The normalized spacial score (nSPS) is 11.3. The minimum absolute atomic E-state index is 0.218. The molecule has 3 rings (SSSR count). The highest BCUT2D eigenvalue weighted by molar-refractivity contribution is 6.02. The molecule has 0 fully saturated rings. The molecule has 0 unspecified atom stereocenters. The number of carbonyl (C=O) groups is 1. The molecule has 5 heteroatoms. The number of amides is 1. The second-order valence-corrected chi connectivity index (χ2v) is 5.62. The zero-order valence-electron chi connectivity index (χ0n) is 14.1. The van der Waals surface area contributed by atoms with Crippen molar-refractivity contribution >= 4 is 11.6 Å². The molecule has 0 saturated carbocycles. The van der Waals surface area contributed by atoms with E-state index in [0.29, 0.717) is 12.1 Å². The van der Waals surface area contributed by atoms with Crippen LogP contribution in [0.15, 0.2) is 78.2 Å². The monoisotopic (exact) mass is 332 g/mol. The molecule has 5 nitrogen and oxygen atoms in total. The van der Waals surface area contributed by atoms with Crippen LogP contribution in [-0.4, -0.2) is 21.4 Å². The highest BCUT2D eigenvalue weighted by Gasteiger charge is 2.07. The van der Waals surface area contributed by atoms with E-state index in [-0.39, 0.29) is 5.91 Å². The molecule has 25 heavy (non-hydrogen) atoms. The topological polar surface area (TPSA) is 59.3 Å². The van der Waals surface area contributed by atoms with Gasteiger partial charge in [0, 0.05) is 18.0 Å². The first-order valence-corrected chi connectivity index (χ1v) is 8.25. The zero-order chi connectivity index (χ0) is 17.5. The summed E-state index contributed by atoms with van der Waals surface area (Å²) in [5, 5.41) is 8.48. The molecule has 0 bridgehead atoms. The first kappa shape index (κ1) is 16.6. The second-order valence-electron chi connectivity index (χ2n) is 5.62. The van der Waals surface area contributed by atoms with Gasteiger partial charge in [-0.1, -0.05) is 49.4 Å². The summed E-state index contributed by atoms with van der Waals surface area (Å²) >= 11 is 0. The van der Waals surface area contributed by atoms with Gasteiger partial charge in [0.15, 0.2) is 0 Å². The lowest BCUT2D eigenvalue weighted by atomic mass is 10.1. The molecule has 0 saturated heterocycles. The average molecular weight is 332 g/mol. The molecule has 1 heterocycles. The quantitative estimate of drug-likeness (QED) is 0.555. The van der Waals surface area contributed by atoms with Crippen molar-refractivity contribution in [3.63, 3.8) is 0 Å². The Kier molecular flexibility index (Phi) is 5.36. The Bertz CT molecular complexity index is 854. The minimum Gasteiger partial charge on any atom is -0.268 e. The number of hydrazone groups is 1. The molecule has 0 aliphatic heterocycles. The van der Waals surface area contributed by atoms with Gasteiger partial charge in [0.2, 0.25) is 0 Å². The van der Waals surface area contributed by atoms with Gasteiger partial charge < -0.3 is 0 Å². The molecule has 0 aliphatic rings. The van der Waals surface area contributed by atoms with Gasteiger partial charge in [-0.25, -0.2) is 5.43 Å². The van der Waals surface area contributed by atoms with E-state index < -0.39 is 0 Å². The number of carbonyl (C=O) groups excluding carboxylic acids is 1. The van der Waals surface area contributed by atoms with Gasteiger partial charge in [-0.05, 0) is 35.7 Å². The number of nitrogens with one attached hydrogen (secondary N) is 1. The summed E-state index contributed by atoms with van der Waals surface area (Å²) in [7, 11) is 0. The van der Waals surface area contributed by atoms with Crippen LogP contribution < -0.4 is 5.43 Å². The number of benzene rings is 2. The van der Waals surface area contributed by atoms with Gasteiger partial charge in [0.05, 0.1) is 12.3 Å². The fourth-order valence-corrected chi connectivity index (χ4v) is 2.55. The summed E-state index contributed by atoms with van der Waals surface area (Å²) in [5.41, 5.74) is 6.12. The average Bonchev–Trinajstić information content (AvgIpc) is 3.16. The lowest BCUT2D eigenvalue weighted by molar-refractivity contribution is 0.0954. The molecule has 0 radical (unpaired) electrons. The van der Waals surface area contributed by atoms with Crippen LogP contribution in [0.1, 0.15) is 34.8 Å². The third-order valence-electron chi connectivity index (χ3n) is 3.83. The van der Waals surface area contributed by atoms with E-state index in [1.54, 1.807) is 12.3 Å². The van der Waals surface area contributed by atoms with Gasteiger partial charge in [-0.2, -0.15) is 10.2 Å². The standard InChI is InChI=1S/C20H20N4O/c1-2-19(17-9-4-3-5-10-17)22-23-20(25)18-11-6-8-16(14-18)15-24-13-7-12-21-24/h3-14H,2,15H2,1H3,(H,23,25)/b22-19-. The molecular formula is C20H20N4O. The maximum absolute atomic E-state index is 12.4. The van der Waals surface area contributed by atoms with Crippen molar-refractivity contribution in [1.82, 2.24) is 15.2 Å². The van der Waals surface area contributed by atoms with Crippen molar-refractivity contribution in [1.29, 1.82) is 0 Å². The molecule has 126 valence electrons. The van der Waals surface area contributed by atoms with E-state index in [1.807, 2.05) is 72.4 Å². The van der Waals surface area contributed by atoms with E-state index in [1.165, 1.54) is 0 Å². The van der Waals surface area contributed by atoms with E-state index >= 15 is 0 Å². The van der Waals surface area contributed by atoms with E-state index in [2.05, 4.69) is 15.6 Å². The first-order chi connectivity index (χ1) is 12.3.